The highest BCUT2D eigenvalue weighted by molar-refractivity contribution is 7.73. The topological polar surface area (TPSA) is 100.0 Å². The van der Waals surface area contributed by atoms with Gasteiger partial charge in [-0.3, -0.25) is 4.78 Å². The maximum absolute atomic E-state index is 11.5. The largest absolute Gasteiger partial charge is 0.494 e. The van der Waals surface area contributed by atoms with Gasteiger partial charge >= 0.3 is 0 Å². The van der Waals surface area contributed by atoms with Crippen LogP contribution in [0.2, 0.25) is 0 Å². The average Bonchev–Trinajstić information content (AvgIpc) is 2.84. The number of aromatic nitrogens is 2. The van der Waals surface area contributed by atoms with Crippen LogP contribution in [0.5, 0.6) is 5.75 Å². The smallest absolute Gasteiger partial charge is 0.229 e. The lowest BCUT2D eigenvalue weighted by atomic mass is 10.1. The molecule has 0 amide bonds. The summed E-state index contributed by atoms with van der Waals surface area (Å²) < 4.78 is 24.5. The molecular formula is C25H25N5O2S. The summed E-state index contributed by atoms with van der Waals surface area (Å²) in [5.74, 6) is 1.90. The number of nitrogens with one attached hydrogen (secondary N) is 3. The third-order valence-electron chi connectivity index (χ3n) is 4.90. The van der Waals surface area contributed by atoms with Crippen molar-refractivity contribution in [3.8, 4) is 16.9 Å². The molecule has 1 atom stereocenters. The summed E-state index contributed by atoms with van der Waals surface area (Å²) in [7, 11) is -2.17. The Morgan fingerprint density at radius 2 is 1.79 bits per heavy atom. The molecule has 3 aromatic carbocycles. The van der Waals surface area contributed by atoms with Crippen LogP contribution < -0.4 is 15.4 Å². The Labute approximate surface area is 194 Å². The normalized spacial score (nSPS) is 11.5. The maximum Gasteiger partial charge on any atom is 0.229 e. The molecule has 0 saturated heterocycles. The van der Waals surface area contributed by atoms with E-state index in [0.717, 1.165) is 22.4 Å². The summed E-state index contributed by atoms with van der Waals surface area (Å²) in [6, 6.07) is 24.8. The number of thiol groups is 1. The van der Waals surface area contributed by atoms with Crippen molar-refractivity contribution < 1.29 is 8.95 Å². The molecule has 0 radical (unpaired) electrons. The molecule has 4 rings (SSSR count). The number of ether oxygens (including phenoxy) is 1. The average molecular weight is 460 g/mol. The molecule has 1 unspecified atom stereocenters. The first-order chi connectivity index (χ1) is 16.1. The van der Waals surface area contributed by atoms with E-state index in [-0.39, 0.29) is 0 Å². The van der Waals surface area contributed by atoms with E-state index >= 15 is 0 Å². The molecule has 1 heterocycles. The summed E-state index contributed by atoms with van der Waals surface area (Å²) in [4.78, 5) is 9.64. The van der Waals surface area contributed by atoms with Crippen molar-refractivity contribution in [1.29, 1.82) is 4.78 Å². The Balaban J connectivity index is 1.64. The van der Waals surface area contributed by atoms with Gasteiger partial charge in [-0.1, -0.05) is 48.5 Å². The van der Waals surface area contributed by atoms with Gasteiger partial charge in [-0.2, -0.15) is 4.98 Å². The van der Waals surface area contributed by atoms with Crippen LogP contribution in [0, 0.1) is 4.78 Å². The van der Waals surface area contributed by atoms with Crippen molar-refractivity contribution in [3.63, 3.8) is 0 Å². The molecule has 0 aliphatic carbocycles. The van der Waals surface area contributed by atoms with Crippen molar-refractivity contribution in [2.75, 3.05) is 17.2 Å². The molecule has 0 aliphatic heterocycles. The summed E-state index contributed by atoms with van der Waals surface area (Å²) in [6.07, 6.45) is 1.77. The van der Waals surface area contributed by atoms with Gasteiger partial charge in [-0.05, 0) is 48.4 Å². The number of hydrogen-bond donors (Lipinski definition) is 4. The third-order valence-corrected chi connectivity index (χ3v) is 5.65. The number of nitrogens with zero attached hydrogens (tertiary/aromatic N) is 2. The van der Waals surface area contributed by atoms with Crippen molar-refractivity contribution in [1.82, 2.24) is 9.97 Å². The molecule has 0 bridgehead atoms. The fraction of sp³-hybridized carbons (Fsp3) is 0.120. The van der Waals surface area contributed by atoms with E-state index in [9.17, 15) is 4.21 Å². The first-order valence-corrected chi connectivity index (χ1v) is 11.8. The SMILES string of the molecule is CCOc1ccc(-c2cnc(Nc3cccc([SH](=N)=O)c3)nc2NCc2ccccc2)cc1. The standard InChI is InChI=1S/C25H25N5O2S/c1-2-32-21-13-11-19(12-14-21)23-17-28-25(29-20-9-6-10-22(15-20)33(26)31)30-24(23)27-16-18-7-4-3-5-8-18/h3-15,17,26,33H,2,16H2,1H3,(H2,27,28,29,30). The number of anilines is 3. The highest BCUT2D eigenvalue weighted by Crippen LogP contribution is 2.29. The number of rotatable bonds is 9. The predicted octanol–water partition coefficient (Wildman–Crippen LogP) is 5.50. The van der Waals surface area contributed by atoms with Gasteiger partial charge in [-0.15, -0.1) is 0 Å². The molecule has 0 saturated carbocycles. The second kappa shape index (κ2) is 10.6. The van der Waals surface area contributed by atoms with E-state index in [0.29, 0.717) is 35.5 Å². The Morgan fingerprint density at radius 3 is 2.52 bits per heavy atom. The zero-order valence-electron chi connectivity index (χ0n) is 18.2. The Kier molecular flexibility index (Phi) is 7.16. The van der Waals surface area contributed by atoms with Gasteiger partial charge in [0.05, 0.1) is 17.2 Å². The first-order valence-electron chi connectivity index (χ1n) is 10.6. The van der Waals surface area contributed by atoms with Crippen LogP contribution in [-0.2, 0) is 17.1 Å². The van der Waals surface area contributed by atoms with Crippen molar-refractivity contribution in [2.45, 2.75) is 18.4 Å². The molecule has 168 valence electrons. The fourth-order valence-electron chi connectivity index (χ4n) is 3.31. The van der Waals surface area contributed by atoms with Gasteiger partial charge in [0.1, 0.15) is 11.6 Å². The van der Waals surface area contributed by atoms with E-state index < -0.39 is 10.6 Å². The van der Waals surface area contributed by atoms with Crippen LogP contribution in [-0.4, -0.2) is 20.8 Å². The van der Waals surface area contributed by atoms with E-state index in [1.807, 2.05) is 55.5 Å². The van der Waals surface area contributed by atoms with Crippen LogP contribution in [0.4, 0.5) is 17.5 Å². The molecule has 7 nitrogen and oxygen atoms in total. The monoisotopic (exact) mass is 459 g/mol. The number of benzene rings is 3. The number of hydrogen-bond acceptors (Lipinski definition) is 7. The molecular weight excluding hydrogens is 434 g/mol. The zero-order chi connectivity index (χ0) is 23.0. The highest BCUT2D eigenvalue weighted by Gasteiger charge is 2.11. The minimum atomic E-state index is -2.17. The van der Waals surface area contributed by atoms with Gasteiger partial charge in [0, 0.05) is 28.9 Å². The van der Waals surface area contributed by atoms with E-state index in [2.05, 4.69) is 27.8 Å². The molecule has 0 spiro atoms. The summed E-state index contributed by atoms with van der Waals surface area (Å²) in [5.41, 5.74) is 3.64. The maximum atomic E-state index is 11.5. The molecule has 3 N–H and O–H groups in total. The van der Waals surface area contributed by atoms with Gasteiger partial charge in [0.15, 0.2) is 0 Å². The molecule has 4 aromatic rings. The molecule has 33 heavy (non-hydrogen) atoms. The van der Waals surface area contributed by atoms with Crippen molar-refractivity contribution >= 4 is 28.0 Å². The molecule has 8 heteroatoms. The van der Waals surface area contributed by atoms with E-state index in [1.165, 1.54) is 0 Å². The molecule has 0 aliphatic rings. The van der Waals surface area contributed by atoms with Gasteiger partial charge in [0.2, 0.25) is 5.95 Å². The van der Waals surface area contributed by atoms with Crippen molar-refractivity contribution in [2.24, 2.45) is 0 Å². The summed E-state index contributed by atoms with van der Waals surface area (Å²) in [5, 5.41) is 6.57. The van der Waals surface area contributed by atoms with Crippen LogP contribution in [0.25, 0.3) is 11.1 Å². The van der Waals surface area contributed by atoms with Gasteiger partial charge in [0.25, 0.3) is 0 Å². The predicted molar refractivity (Wildman–Crippen MR) is 133 cm³/mol. The highest BCUT2D eigenvalue weighted by atomic mass is 32.2. The van der Waals surface area contributed by atoms with Crippen molar-refractivity contribution in [3.05, 3.63) is 90.6 Å². The Morgan fingerprint density at radius 1 is 1.00 bits per heavy atom. The van der Waals surface area contributed by atoms with Gasteiger partial charge in [-0.25, -0.2) is 9.19 Å². The minimum Gasteiger partial charge on any atom is -0.494 e. The summed E-state index contributed by atoms with van der Waals surface area (Å²) >= 11 is 0. The van der Waals surface area contributed by atoms with Crippen LogP contribution in [0.15, 0.2) is 90.0 Å². The van der Waals surface area contributed by atoms with Gasteiger partial charge < -0.3 is 15.4 Å². The first kappa shape index (κ1) is 22.3. The lowest BCUT2D eigenvalue weighted by Gasteiger charge is -2.14. The van der Waals surface area contributed by atoms with Crippen LogP contribution in [0.1, 0.15) is 12.5 Å². The lowest BCUT2D eigenvalue weighted by Crippen LogP contribution is -2.06. The Hall–Kier alpha value is -3.91. The fourth-order valence-corrected chi connectivity index (χ4v) is 3.78. The molecule has 1 aromatic heterocycles. The van der Waals surface area contributed by atoms with E-state index in [1.54, 1.807) is 24.4 Å². The van der Waals surface area contributed by atoms with E-state index in [4.69, 9.17) is 14.5 Å². The third kappa shape index (κ3) is 5.87. The second-order valence-electron chi connectivity index (χ2n) is 7.22. The second-order valence-corrected chi connectivity index (χ2v) is 8.33. The summed E-state index contributed by atoms with van der Waals surface area (Å²) in [6.45, 7) is 3.18. The lowest BCUT2D eigenvalue weighted by molar-refractivity contribution is 0.340. The van der Waals surface area contributed by atoms with Crippen LogP contribution in [0.3, 0.4) is 0 Å². The van der Waals surface area contributed by atoms with Crippen LogP contribution >= 0.6 is 0 Å². The minimum absolute atomic E-state index is 0.401. The molecule has 0 fully saturated rings. The Bertz CT molecular complexity index is 1280. The zero-order valence-corrected chi connectivity index (χ0v) is 19.0. The quantitative estimate of drug-likeness (QED) is 0.247.